The first kappa shape index (κ1) is 20.3. The fourth-order valence-corrected chi connectivity index (χ4v) is 3.84. The molecular formula is C23H29N5O2. The predicted molar refractivity (Wildman–Crippen MR) is 118 cm³/mol. The summed E-state index contributed by atoms with van der Waals surface area (Å²) in [6.45, 7) is 8.26. The zero-order valence-corrected chi connectivity index (χ0v) is 17.8. The molecule has 1 amide bonds. The Morgan fingerprint density at radius 2 is 1.97 bits per heavy atom. The lowest BCUT2D eigenvalue weighted by atomic mass is 10.0. The van der Waals surface area contributed by atoms with Gasteiger partial charge in [-0.15, -0.1) is 0 Å². The normalized spacial score (nSPS) is 15.8. The van der Waals surface area contributed by atoms with Crippen LogP contribution in [-0.4, -0.2) is 39.9 Å². The van der Waals surface area contributed by atoms with Crippen LogP contribution in [0.15, 0.2) is 36.7 Å². The van der Waals surface area contributed by atoms with E-state index in [1.807, 2.05) is 30.7 Å². The second-order valence-corrected chi connectivity index (χ2v) is 7.88. The van der Waals surface area contributed by atoms with Gasteiger partial charge in [0.1, 0.15) is 0 Å². The van der Waals surface area contributed by atoms with E-state index < -0.39 is 0 Å². The highest BCUT2D eigenvalue weighted by Crippen LogP contribution is 2.29. The number of hydrogen-bond donors (Lipinski definition) is 2. The predicted octanol–water partition coefficient (Wildman–Crippen LogP) is 3.84. The van der Waals surface area contributed by atoms with Crippen LogP contribution in [0.25, 0.3) is 11.0 Å². The third-order valence-corrected chi connectivity index (χ3v) is 5.71. The number of nitrogens with zero attached hydrogens (tertiary/aromatic N) is 3. The summed E-state index contributed by atoms with van der Waals surface area (Å²) < 4.78 is 7.33. The van der Waals surface area contributed by atoms with Crippen LogP contribution in [0.4, 0.5) is 5.69 Å². The van der Waals surface area contributed by atoms with E-state index in [2.05, 4.69) is 39.8 Å². The van der Waals surface area contributed by atoms with Crippen molar-refractivity contribution in [1.82, 2.24) is 20.1 Å². The Bertz CT molecular complexity index is 1020. The summed E-state index contributed by atoms with van der Waals surface area (Å²) in [5, 5.41) is 12.0. The highest BCUT2D eigenvalue weighted by Gasteiger charge is 2.23. The molecule has 0 saturated carbocycles. The largest absolute Gasteiger partial charge is 0.381 e. The van der Waals surface area contributed by atoms with Crippen molar-refractivity contribution in [3.63, 3.8) is 0 Å². The number of carbonyl (C=O) groups is 1. The Labute approximate surface area is 176 Å². The van der Waals surface area contributed by atoms with Crippen molar-refractivity contribution < 1.29 is 9.53 Å². The van der Waals surface area contributed by atoms with E-state index in [0.717, 1.165) is 54.9 Å². The maximum Gasteiger partial charge on any atom is 0.255 e. The molecule has 0 spiro atoms. The van der Waals surface area contributed by atoms with Crippen molar-refractivity contribution in [2.45, 2.75) is 52.2 Å². The highest BCUT2D eigenvalue weighted by molar-refractivity contribution is 6.06. The molecule has 1 atom stereocenters. The quantitative estimate of drug-likeness (QED) is 0.649. The molecule has 0 unspecified atom stereocenters. The van der Waals surface area contributed by atoms with E-state index in [9.17, 15) is 4.79 Å². The Morgan fingerprint density at radius 1 is 1.23 bits per heavy atom. The molecule has 1 aromatic carbocycles. The van der Waals surface area contributed by atoms with Gasteiger partial charge in [-0.25, -0.2) is 9.67 Å². The minimum absolute atomic E-state index is 0.108. The molecule has 3 aromatic rings. The molecule has 0 bridgehead atoms. The molecular weight excluding hydrogens is 378 g/mol. The SMILES string of the molecule is CCn1ncc2c(NC3CCOCC3)c(C(=O)N[C@H](C)c3ccc(C)cc3)cnc21. The van der Waals surface area contributed by atoms with Crippen LogP contribution in [0.1, 0.15) is 54.2 Å². The van der Waals surface area contributed by atoms with Gasteiger partial charge in [-0.1, -0.05) is 29.8 Å². The second kappa shape index (κ2) is 8.83. The smallest absolute Gasteiger partial charge is 0.255 e. The van der Waals surface area contributed by atoms with E-state index in [-0.39, 0.29) is 18.0 Å². The number of aryl methyl sites for hydroxylation is 2. The molecule has 30 heavy (non-hydrogen) atoms. The molecule has 4 rings (SSSR count). The molecule has 1 aliphatic heterocycles. The molecule has 2 N–H and O–H groups in total. The van der Waals surface area contributed by atoms with Crippen molar-refractivity contribution in [2.75, 3.05) is 18.5 Å². The Kier molecular flexibility index (Phi) is 5.99. The van der Waals surface area contributed by atoms with Gasteiger partial charge in [0.2, 0.25) is 0 Å². The number of rotatable bonds is 6. The van der Waals surface area contributed by atoms with E-state index in [1.54, 1.807) is 12.4 Å². The number of pyridine rings is 1. The summed E-state index contributed by atoms with van der Waals surface area (Å²) in [7, 11) is 0. The molecule has 158 valence electrons. The monoisotopic (exact) mass is 407 g/mol. The maximum absolute atomic E-state index is 13.2. The molecule has 3 heterocycles. The lowest BCUT2D eigenvalue weighted by Gasteiger charge is -2.26. The van der Waals surface area contributed by atoms with Gasteiger partial charge in [-0.2, -0.15) is 5.10 Å². The minimum atomic E-state index is -0.142. The molecule has 1 aliphatic rings. The molecule has 1 fully saturated rings. The number of amides is 1. The topological polar surface area (TPSA) is 81.1 Å². The van der Waals surface area contributed by atoms with Crippen LogP contribution < -0.4 is 10.6 Å². The van der Waals surface area contributed by atoms with Gasteiger partial charge in [-0.05, 0) is 39.2 Å². The van der Waals surface area contributed by atoms with Gasteiger partial charge >= 0.3 is 0 Å². The summed E-state index contributed by atoms with van der Waals surface area (Å²) >= 11 is 0. The van der Waals surface area contributed by atoms with Crippen molar-refractivity contribution in [1.29, 1.82) is 0 Å². The average Bonchev–Trinajstić information content (AvgIpc) is 3.18. The Balaban J connectivity index is 1.65. The van der Waals surface area contributed by atoms with Gasteiger partial charge in [0.15, 0.2) is 5.65 Å². The van der Waals surface area contributed by atoms with E-state index >= 15 is 0 Å². The Morgan fingerprint density at radius 3 is 2.67 bits per heavy atom. The number of nitrogens with one attached hydrogen (secondary N) is 2. The number of ether oxygens (including phenoxy) is 1. The molecule has 0 aliphatic carbocycles. The summed E-state index contributed by atoms with van der Waals surface area (Å²) in [4.78, 5) is 17.8. The van der Waals surface area contributed by atoms with Crippen LogP contribution in [0.2, 0.25) is 0 Å². The maximum atomic E-state index is 13.2. The molecule has 1 saturated heterocycles. The van der Waals surface area contributed by atoms with E-state index in [1.165, 1.54) is 5.56 Å². The second-order valence-electron chi connectivity index (χ2n) is 7.88. The van der Waals surface area contributed by atoms with Crippen LogP contribution in [0.5, 0.6) is 0 Å². The van der Waals surface area contributed by atoms with Crippen molar-refractivity contribution in [3.8, 4) is 0 Å². The zero-order chi connectivity index (χ0) is 21.1. The average molecular weight is 408 g/mol. The number of benzene rings is 1. The van der Waals surface area contributed by atoms with Gasteiger partial charge in [-0.3, -0.25) is 4.79 Å². The third-order valence-electron chi connectivity index (χ3n) is 5.71. The first-order valence-electron chi connectivity index (χ1n) is 10.6. The Hall–Kier alpha value is -2.93. The lowest BCUT2D eigenvalue weighted by molar-refractivity contribution is 0.0903. The number of fused-ring (bicyclic) bond motifs is 1. The van der Waals surface area contributed by atoms with Crippen LogP contribution in [0, 0.1) is 6.92 Å². The first-order chi connectivity index (χ1) is 14.6. The lowest BCUT2D eigenvalue weighted by Crippen LogP contribution is -2.31. The van der Waals surface area contributed by atoms with Crippen LogP contribution in [-0.2, 0) is 11.3 Å². The van der Waals surface area contributed by atoms with E-state index in [4.69, 9.17) is 4.74 Å². The number of aromatic nitrogens is 3. The van der Waals surface area contributed by atoms with Crippen molar-refractivity contribution in [2.24, 2.45) is 0 Å². The molecule has 7 heteroatoms. The van der Waals surface area contributed by atoms with Crippen molar-refractivity contribution in [3.05, 3.63) is 53.3 Å². The van der Waals surface area contributed by atoms with Gasteiger partial charge < -0.3 is 15.4 Å². The molecule has 7 nitrogen and oxygen atoms in total. The fraction of sp³-hybridized carbons (Fsp3) is 0.435. The van der Waals surface area contributed by atoms with E-state index in [0.29, 0.717) is 5.56 Å². The molecule has 0 radical (unpaired) electrons. The van der Waals surface area contributed by atoms with Gasteiger partial charge in [0.05, 0.1) is 28.9 Å². The third kappa shape index (κ3) is 4.16. The standard InChI is InChI=1S/C23H29N5O2/c1-4-28-22-19(14-25-28)21(27-18-9-11-30-12-10-18)20(13-24-22)23(29)26-16(3)17-7-5-15(2)6-8-17/h5-8,13-14,16,18H,4,9-12H2,1-3H3,(H,24,27)(H,26,29)/t16-/m1/s1. The highest BCUT2D eigenvalue weighted by atomic mass is 16.5. The fourth-order valence-electron chi connectivity index (χ4n) is 3.84. The number of hydrogen-bond acceptors (Lipinski definition) is 5. The van der Waals surface area contributed by atoms with Crippen LogP contribution >= 0.6 is 0 Å². The minimum Gasteiger partial charge on any atom is -0.381 e. The molecule has 2 aromatic heterocycles. The summed E-state index contributed by atoms with van der Waals surface area (Å²) in [5.41, 5.74) is 4.41. The summed E-state index contributed by atoms with van der Waals surface area (Å²) in [5.74, 6) is -0.142. The number of anilines is 1. The van der Waals surface area contributed by atoms with Gasteiger partial charge in [0.25, 0.3) is 5.91 Å². The van der Waals surface area contributed by atoms with Crippen LogP contribution in [0.3, 0.4) is 0 Å². The zero-order valence-electron chi connectivity index (χ0n) is 17.8. The summed E-state index contributed by atoms with van der Waals surface area (Å²) in [6.07, 6.45) is 5.28. The number of carbonyl (C=O) groups excluding carboxylic acids is 1. The first-order valence-corrected chi connectivity index (χ1v) is 10.6. The van der Waals surface area contributed by atoms with Gasteiger partial charge in [0, 0.05) is 32.0 Å². The summed E-state index contributed by atoms with van der Waals surface area (Å²) in [6, 6.07) is 8.37. The van der Waals surface area contributed by atoms with Crippen molar-refractivity contribution >= 4 is 22.6 Å².